The Morgan fingerprint density at radius 2 is 1.71 bits per heavy atom. The summed E-state index contributed by atoms with van der Waals surface area (Å²) in [4.78, 5) is 20.5. The summed E-state index contributed by atoms with van der Waals surface area (Å²) in [6.07, 6.45) is 0. The second-order valence-electron chi connectivity index (χ2n) is 2.19. The monoisotopic (exact) mass is 225 g/mol. The molecule has 7 heteroatoms. The summed E-state index contributed by atoms with van der Waals surface area (Å²) in [5.74, 6) is 0.104. The molecule has 0 aliphatic heterocycles. The quantitative estimate of drug-likeness (QED) is 0.402. The Bertz CT molecular complexity index is 337. The van der Waals surface area contributed by atoms with Gasteiger partial charge in [-0.05, 0) is 12.1 Å². The number of phosphoric acid groups is 1. The number of rotatable bonds is 3. The van der Waals surface area contributed by atoms with Crippen molar-refractivity contribution in [1.29, 1.82) is 0 Å². The van der Waals surface area contributed by atoms with Crippen LogP contribution >= 0.6 is 7.82 Å². The van der Waals surface area contributed by atoms with Crippen molar-refractivity contribution in [1.82, 2.24) is 0 Å². The summed E-state index contributed by atoms with van der Waals surface area (Å²) in [6.45, 7) is 0. The molecule has 0 bridgehead atoms. The van der Waals surface area contributed by atoms with Crippen LogP contribution in [-0.4, -0.2) is 7.11 Å². The zero-order chi connectivity index (χ0) is 9.90. The molecule has 0 aromatic heterocycles. The number of phosphoric ester groups is 1. The van der Waals surface area contributed by atoms with E-state index in [2.05, 4.69) is 4.52 Å². The Morgan fingerprint density at radius 3 is 2.14 bits per heavy atom. The van der Waals surface area contributed by atoms with Crippen molar-refractivity contribution in [3.63, 3.8) is 0 Å². The molecular weight excluding hydrogens is 218 g/mol. The number of para-hydroxylation sites is 2. The van der Waals surface area contributed by atoms with E-state index in [4.69, 9.17) is 4.74 Å². The van der Waals surface area contributed by atoms with E-state index in [1.807, 2.05) is 0 Å². The first-order valence-electron chi connectivity index (χ1n) is 3.37. The Labute approximate surface area is 104 Å². The fraction of sp³-hybridized carbons (Fsp3) is 0.143. The van der Waals surface area contributed by atoms with E-state index in [-0.39, 0.29) is 41.1 Å². The molecule has 0 unspecified atom stereocenters. The summed E-state index contributed by atoms with van der Waals surface area (Å²) in [7, 11) is -3.66. The van der Waals surface area contributed by atoms with Gasteiger partial charge in [-0.15, -0.1) is 0 Å². The first kappa shape index (κ1) is 14.0. The van der Waals surface area contributed by atoms with Gasteiger partial charge in [0.25, 0.3) is 0 Å². The van der Waals surface area contributed by atoms with E-state index < -0.39 is 7.82 Å². The maximum atomic E-state index is 10.3. The van der Waals surface area contributed by atoms with E-state index in [9.17, 15) is 14.4 Å². The van der Waals surface area contributed by atoms with Gasteiger partial charge in [0.15, 0.2) is 11.5 Å². The van der Waals surface area contributed by atoms with Crippen LogP contribution in [0.15, 0.2) is 24.3 Å². The summed E-state index contributed by atoms with van der Waals surface area (Å²) in [5, 5.41) is 0. The first-order chi connectivity index (χ1) is 6.03. The van der Waals surface area contributed by atoms with E-state index in [1.165, 1.54) is 25.3 Å². The molecule has 0 aliphatic rings. The summed E-state index contributed by atoms with van der Waals surface area (Å²) < 4.78 is 19.2. The molecule has 1 aromatic carbocycles. The molecule has 0 fully saturated rings. The number of benzene rings is 1. The van der Waals surface area contributed by atoms with Gasteiger partial charge < -0.3 is 23.6 Å². The van der Waals surface area contributed by atoms with Gasteiger partial charge in [0.05, 0.1) is 7.11 Å². The molecule has 0 N–H and O–H groups in total. The van der Waals surface area contributed by atoms with Crippen LogP contribution in [0.5, 0.6) is 11.5 Å². The maximum absolute atomic E-state index is 10.3. The van der Waals surface area contributed by atoms with Gasteiger partial charge in [-0.2, -0.15) is 0 Å². The van der Waals surface area contributed by atoms with Crippen LogP contribution in [0, 0.1) is 0 Å². The zero-order valence-corrected chi connectivity index (χ0v) is 10.7. The average Bonchev–Trinajstić information content (AvgIpc) is 2.02. The fourth-order valence-electron chi connectivity index (χ4n) is 0.815. The van der Waals surface area contributed by atoms with E-state index in [1.54, 1.807) is 6.07 Å². The second-order valence-corrected chi connectivity index (χ2v) is 3.27. The van der Waals surface area contributed by atoms with Gasteiger partial charge in [0, 0.05) is 0 Å². The smallest absolute Gasteiger partial charge is 0.780 e. The average molecular weight is 225 g/mol. The van der Waals surface area contributed by atoms with Crippen molar-refractivity contribution in [2.45, 2.75) is 0 Å². The van der Waals surface area contributed by atoms with Crippen LogP contribution in [0.3, 0.4) is 0 Å². The van der Waals surface area contributed by atoms with Crippen molar-refractivity contribution >= 4 is 7.82 Å². The molecule has 1 aromatic rings. The molecule has 72 valence electrons. The molecule has 0 aliphatic carbocycles. The predicted molar refractivity (Wildman–Crippen MR) is 41.2 cm³/mol. The minimum absolute atomic E-state index is 0. The molecule has 5 nitrogen and oxygen atoms in total. The topological polar surface area (TPSA) is 81.7 Å². The molecule has 14 heavy (non-hydrogen) atoms. The summed E-state index contributed by atoms with van der Waals surface area (Å²) in [5.41, 5.74) is 0. The van der Waals surface area contributed by atoms with E-state index >= 15 is 0 Å². The standard InChI is InChI=1S/C7H9O5P.Na/c1-11-6-4-2-3-5-7(6)12-13(8,9)10;/h2-5H,1H3,(H2,8,9,10);/q;+1/p-2. The molecule has 1 rings (SSSR count). The van der Waals surface area contributed by atoms with Gasteiger partial charge in [0.2, 0.25) is 0 Å². The van der Waals surface area contributed by atoms with Crippen LogP contribution in [0.1, 0.15) is 0 Å². The van der Waals surface area contributed by atoms with E-state index in [0.29, 0.717) is 0 Å². The van der Waals surface area contributed by atoms with E-state index in [0.717, 1.165) is 0 Å². The Balaban J connectivity index is 0.00000169. The molecular formula is C7H7NaO5P-. The number of methoxy groups -OCH3 is 1. The number of hydrogen-bond acceptors (Lipinski definition) is 5. The largest absolute Gasteiger partial charge is 1.00 e. The van der Waals surface area contributed by atoms with Gasteiger partial charge in [-0.3, -0.25) is 0 Å². The first-order valence-corrected chi connectivity index (χ1v) is 4.83. The summed E-state index contributed by atoms with van der Waals surface area (Å²) in [6, 6.07) is 5.99. The fourth-order valence-corrected chi connectivity index (χ4v) is 1.21. The van der Waals surface area contributed by atoms with Crippen molar-refractivity contribution in [3.05, 3.63) is 24.3 Å². The normalized spacial score (nSPS) is 10.2. The Morgan fingerprint density at radius 1 is 1.21 bits per heavy atom. The van der Waals surface area contributed by atoms with Crippen LogP contribution in [0.4, 0.5) is 0 Å². The molecule has 0 radical (unpaired) electrons. The van der Waals surface area contributed by atoms with Gasteiger partial charge in [-0.25, -0.2) is 0 Å². The molecule has 0 spiro atoms. The molecule has 0 saturated heterocycles. The molecule has 0 atom stereocenters. The molecule has 0 heterocycles. The zero-order valence-electron chi connectivity index (χ0n) is 7.80. The van der Waals surface area contributed by atoms with Crippen molar-refractivity contribution in [2.24, 2.45) is 0 Å². The molecule has 0 saturated carbocycles. The number of ether oxygens (including phenoxy) is 1. The van der Waals surface area contributed by atoms with Crippen molar-refractivity contribution in [2.75, 3.05) is 7.11 Å². The summed E-state index contributed by atoms with van der Waals surface area (Å²) >= 11 is 0. The predicted octanol–water partition coefficient (Wildman–Crippen LogP) is -3.09. The Kier molecular flexibility index (Phi) is 5.74. The Hall–Kier alpha value is -0.0300. The minimum Gasteiger partial charge on any atom is -0.780 e. The SMILES string of the molecule is COc1ccccc1OP(=O)([O-])[O-].[Na+]. The van der Waals surface area contributed by atoms with Gasteiger partial charge in [0.1, 0.15) is 7.82 Å². The van der Waals surface area contributed by atoms with Gasteiger partial charge in [-0.1, -0.05) is 12.1 Å². The van der Waals surface area contributed by atoms with Crippen LogP contribution in [-0.2, 0) is 4.57 Å². The van der Waals surface area contributed by atoms with Crippen molar-refractivity contribution < 1.29 is 53.2 Å². The third-order valence-corrected chi connectivity index (χ3v) is 1.70. The second kappa shape index (κ2) is 5.75. The minimum atomic E-state index is -5.01. The van der Waals surface area contributed by atoms with Crippen LogP contribution in [0.25, 0.3) is 0 Å². The van der Waals surface area contributed by atoms with Crippen LogP contribution < -0.4 is 48.6 Å². The number of hydrogen-bond donors (Lipinski definition) is 0. The third kappa shape index (κ3) is 4.46. The third-order valence-electron chi connectivity index (χ3n) is 1.28. The maximum Gasteiger partial charge on any atom is 1.00 e. The van der Waals surface area contributed by atoms with Gasteiger partial charge >= 0.3 is 29.6 Å². The van der Waals surface area contributed by atoms with Crippen molar-refractivity contribution in [3.8, 4) is 11.5 Å². The van der Waals surface area contributed by atoms with Crippen LogP contribution in [0.2, 0.25) is 0 Å². The molecule has 0 amide bonds.